The number of fused-ring (bicyclic) bond motifs is 1. The maximum Gasteiger partial charge on any atom is 0.254 e. The molecule has 2 aliphatic heterocycles. The van der Waals surface area contributed by atoms with Crippen LogP contribution in [0.4, 0.5) is 0 Å². The molecule has 6 nitrogen and oxygen atoms in total. The first-order chi connectivity index (χ1) is 10.6. The van der Waals surface area contributed by atoms with Gasteiger partial charge in [-0.05, 0) is 11.4 Å². The van der Waals surface area contributed by atoms with Crippen molar-refractivity contribution in [2.75, 3.05) is 46.9 Å². The van der Waals surface area contributed by atoms with Crippen LogP contribution in [0.15, 0.2) is 16.8 Å². The molecule has 2 fully saturated rings. The highest BCUT2D eigenvalue weighted by atomic mass is 32.1. The molecule has 1 aromatic heterocycles. The highest BCUT2D eigenvalue weighted by molar-refractivity contribution is 7.08. The summed E-state index contributed by atoms with van der Waals surface area (Å²) in [7, 11) is 3.53. The fourth-order valence-electron chi connectivity index (χ4n) is 3.00. The largest absolute Gasteiger partial charge is 0.373 e. The van der Waals surface area contributed by atoms with Gasteiger partial charge in [-0.1, -0.05) is 0 Å². The van der Waals surface area contributed by atoms with E-state index in [4.69, 9.17) is 4.74 Å². The number of rotatable bonds is 3. The van der Waals surface area contributed by atoms with E-state index in [9.17, 15) is 9.59 Å². The first-order valence-corrected chi connectivity index (χ1v) is 8.38. The third-order valence-electron chi connectivity index (χ3n) is 4.31. The van der Waals surface area contributed by atoms with Crippen LogP contribution in [0.1, 0.15) is 10.4 Å². The molecular formula is C15H21N3O3S. The normalized spacial score (nSPS) is 25.1. The Bertz CT molecular complexity index is 546. The number of amides is 2. The van der Waals surface area contributed by atoms with Crippen LogP contribution in [0.2, 0.25) is 0 Å². The van der Waals surface area contributed by atoms with Gasteiger partial charge in [-0.2, -0.15) is 11.3 Å². The quantitative estimate of drug-likeness (QED) is 0.806. The lowest BCUT2D eigenvalue weighted by atomic mass is 10.1. The lowest BCUT2D eigenvalue weighted by molar-refractivity contribution is -0.133. The SMILES string of the molecule is CN(C)C(=O)CN1CCO[C@H]2CN(C(=O)c3ccsc3)C[C@H]21. The minimum absolute atomic E-state index is 0.00583. The topological polar surface area (TPSA) is 53.1 Å². The van der Waals surface area contributed by atoms with Crippen LogP contribution in [0, 0.1) is 0 Å². The fourth-order valence-corrected chi connectivity index (χ4v) is 3.63. The third kappa shape index (κ3) is 3.02. The Morgan fingerprint density at radius 1 is 1.41 bits per heavy atom. The van der Waals surface area contributed by atoms with Gasteiger partial charge < -0.3 is 14.5 Å². The molecule has 7 heteroatoms. The summed E-state index contributed by atoms with van der Waals surface area (Å²) in [6, 6.07) is 1.96. The van der Waals surface area contributed by atoms with E-state index in [-0.39, 0.29) is 24.0 Å². The van der Waals surface area contributed by atoms with E-state index >= 15 is 0 Å². The van der Waals surface area contributed by atoms with Crippen LogP contribution in [-0.4, -0.2) is 85.5 Å². The summed E-state index contributed by atoms with van der Waals surface area (Å²) in [5, 5.41) is 3.79. The van der Waals surface area contributed by atoms with Gasteiger partial charge >= 0.3 is 0 Å². The van der Waals surface area contributed by atoms with E-state index in [1.165, 1.54) is 11.3 Å². The second-order valence-corrected chi connectivity index (χ2v) is 6.74. The molecule has 120 valence electrons. The third-order valence-corrected chi connectivity index (χ3v) is 4.99. The molecular weight excluding hydrogens is 302 g/mol. The average Bonchev–Trinajstić information content (AvgIpc) is 3.16. The van der Waals surface area contributed by atoms with Gasteiger partial charge in [-0.3, -0.25) is 14.5 Å². The minimum atomic E-state index is 0.00583. The molecule has 2 amide bonds. The van der Waals surface area contributed by atoms with Gasteiger partial charge in [0.2, 0.25) is 5.91 Å². The van der Waals surface area contributed by atoms with Crippen molar-refractivity contribution in [1.82, 2.24) is 14.7 Å². The molecule has 0 aliphatic carbocycles. The molecule has 0 unspecified atom stereocenters. The Labute approximate surface area is 134 Å². The summed E-state index contributed by atoms with van der Waals surface area (Å²) < 4.78 is 5.81. The number of likely N-dealkylation sites (tertiary alicyclic amines) is 1. The van der Waals surface area contributed by atoms with E-state index in [1.807, 2.05) is 21.7 Å². The molecule has 0 radical (unpaired) electrons. The summed E-state index contributed by atoms with van der Waals surface area (Å²) in [6.45, 7) is 2.97. The summed E-state index contributed by atoms with van der Waals surface area (Å²) in [5.74, 6) is 0.140. The molecule has 22 heavy (non-hydrogen) atoms. The number of hydrogen-bond donors (Lipinski definition) is 0. The number of carbonyl (C=O) groups excluding carboxylic acids is 2. The lowest BCUT2D eigenvalue weighted by Gasteiger charge is -2.36. The number of morpholine rings is 1. The lowest BCUT2D eigenvalue weighted by Crippen LogP contribution is -2.53. The predicted molar refractivity (Wildman–Crippen MR) is 84.0 cm³/mol. The van der Waals surface area contributed by atoms with E-state index in [1.54, 1.807) is 19.0 Å². The van der Waals surface area contributed by atoms with Crippen molar-refractivity contribution in [2.45, 2.75) is 12.1 Å². The number of nitrogens with zero attached hydrogens (tertiary/aromatic N) is 3. The Kier molecular flexibility index (Phi) is 4.46. The molecule has 3 rings (SSSR count). The van der Waals surface area contributed by atoms with Crippen LogP contribution < -0.4 is 0 Å². The van der Waals surface area contributed by atoms with E-state index in [0.717, 1.165) is 12.1 Å². The molecule has 2 atom stereocenters. The van der Waals surface area contributed by atoms with Crippen molar-refractivity contribution in [3.63, 3.8) is 0 Å². The molecule has 3 heterocycles. The fraction of sp³-hybridized carbons (Fsp3) is 0.600. The molecule has 1 aromatic rings. The van der Waals surface area contributed by atoms with Crippen molar-refractivity contribution in [1.29, 1.82) is 0 Å². The number of ether oxygens (including phenoxy) is 1. The minimum Gasteiger partial charge on any atom is -0.373 e. The summed E-state index contributed by atoms with van der Waals surface area (Å²) in [4.78, 5) is 30.0. The van der Waals surface area contributed by atoms with Crippen molar-refractivity contribution >= 4 is 23.2 Å². The number of thiophene rings is 1. The average molecular weight is 323 g/mol. The Hall–Kier alpha value is -1.44. The molecule has 0 saturated carbocycles. The Balaban J connectivity index is 1.67. The van der Waals surface area contributed by atoms with Gasteiger partial charge in [-0.25, -0.2) is 0 Å². The van der Waals surface area contributed by atoms with Crippen LogP contribution in [0.25, 0.3) is 0 Å². The van der Waals surface area contributed by atoms with Crippen molar-refractivity contribution in [3.8, 4) is 0 Å². The van der Waals surface area contributed by atoms with E-state index in [0.29, 0.717) is 26.2 Å². The second-order valence-electron chi connectivity index (χ2n) is 5.96. The summed E-state index contributed by atoms with van der Waals surface area (Å²) in [5.41, 5.74) is 0.736. The Morgan fingerprint density at radius 2 is 2.23 bits per heavy atom. The van der Waals surface area contributed by atoms with Gasteiger partial charge in [0.05, 0.1) is 30.9 Å². The first-order valence-electron chi connectivity index (χ1n) is 7.43. The van der Waals surface area contributed by atoms with Crippen LogP contribution in [0.3, 0.4) is 0 Å². The van der Waals surface area contributed by atoms with E-state index < -0.39 is 0 Å². The molecule has 0 bridgehead atoms. The molecule has 2 saturated heterocycles. The molecule has 0 N–H and O–H groups in total. The molecule has 2 aliphatic rings. The van der Waals surface area contributed by atoms with Crippen LogP contribution in [-0.2, 0) is 9.53 Å². The monoisotopic (exact) mass is 323 g/mol. The smallest absolute Gasteiger partial charge is 0.254 e. The predicted octanol–water partition coefficient (Wildman–Crippen LogP) is 0.362. The number of carbonyl (C=O) groups is 2. The van der Waals surface area contributed by atoms with E-state index in [2.05, 4.69) is 4.90 Å². The highest BCUT2D eigenvalue weighted by Gasteiger charge is 2.42. The van der Waals surface area contributed by atoms with Crippen LogP contribution >= 0.6 is 11.3 Å². The second kappa shape index (κ2) is 6.36. The van der Waals surface area contributed by atoms with Gasteiger partial charge in [0.25, 0.3) is 5.91 Å². The van der Waals surface area contributed by atoms with Gasteiger partial charge in [0, 0.05) is 39.1 Å². The van der Waals surface area contributed by atoms with Crippen molar-refractivity contribution in [3.05, 3.63) is 22.4 Å². The van der Waals surface area contributed by atoms with Crippen LogP contribution in [0.5, 0.6) is 0 Å². The molecule has 0 aromatic carbocycles. The zero-order valence-corrected chi connectivity index (χ0v) is 13.7. The van der Waals surface area contributed by atoms with Crippen molar-refractivity contribution < 1.29 is 14.3 Å². The Morgan fingerprint density at radius 3 is 2.91 bits per heavy atom. The van der Waals surface area contributed by atoms with Gasteiger partial charge in [0.1, 0.15) is 0 Å². The first kappa shape index (κ1) is 15.5. The maximum absolute atomic E-state index is 12.5. The summed E-state index contributed by atoms with van der Waals surface area (Å²) >= 11 is 1.52. The van der Waals surface area contributed by atoms with Gasteiger partial charge in [-0.15, -0.1) is 0 Å². The zero-order chi connectivity index (χ0) is 15.7. The summed E-state index contributed by atoms with van der Waals surface area (Å²) in [6.07, 6.45) is 0.00583. The zero-order valence-electron chi connectivity index (χ0n) is 12.9. The standard InChI is InChI=1S/C15H21N3O3S/c1-16(2)14(19)9-17-4-5-21-13-8-18(7-12(13)17)15(20)11-3-6-22-10-11/h3,6,10,12-13H,4-5,7-9H2,1-2H3/t12-,13+/m1/s1. The maximum atomic E-state index is 12.5. The van der Waals surface area contributed by atoms with Gasteiger partial charge in [0.15, 0.2) is 0 Å². The molecule has 0 spiro atoms. The van der Waals surface area contributed by atoms with Crippen molar-refractivity contribution in [2.24, 2.45) is 0 Å². The highest BCUT2D eigenvalue weighted by Crippen LogP contribution is 2.24. The number of likely N-dealkylation sites (N-methyl/N-ethyl adjacent to an activating group) is 1. The number of hydrogen-bond acceptors (Lipinski definition) is 5.